The topological polar surface area (TPSA) is 79.0 Å². The Hall–Kier alpha value is -1.48. The van der Waals surface area contributed by atoms with Crippen LogP contribution in [0, 0.1) is 0 Å². The highest BCUT2D eigenvalue weighted by Crippen LogP contribution is 2.30. The van der Waals surface area contributed by atoms with Crippen molar-refractivity contribution in [3.63, 3.8) is 0 Å². The number of rotatable bonds is 4. The van der Waals surface area contributed by atoms with Crippen LogP contribution in [-0.2, 0) is 14.8 Å². The van der Waals surface area contributed by atoms with Crippen molar-refractivity contribution in [1.82, 2.24) is 14.5 Å². The minimum absolute atomic E-state index is 0.0448. The Kier molecular flexibility index (Phi) is 5.24. The molecule has 3 fully saturated rings. The summed E-state index contributed by atoms with van der Waals surface area (Å²) >= 11 is 0. The summed E-state index contributed by atoms with van der Waals surface area (Å²) in [4.78, 5) is 14.9. The molecule has 7 nitrogen and oxygen atoms in total. The van der Waals surface area contributed by atoms with Gasteiger partial charge in [0.2, 0.25) is 10.0 Å². The van der Waals surface area contributed by atoms with E-state index in [0.29, 0.717) is 44.0 Å². The zero-order valence-corrected chi connectivity index (χ0v) is 16.5. The molecule has 3 heterocycles. The van der Waals surface area contributed by atoms with E-state index in [1.54, 1.807) is 12.1 Å². The van der Waals surface area contributed by atoms with E-state index in [2.05, 4.69) is 5.32 Å². The van der Waals surface area contributed by atoms with Crippen molar-refractivity contribution in [1.29, 1.82) is 0 Å². The van der Waals surface area contributed by atoms with E-state index >= 15 is 0 Å². The van der Waals surface area contributed by atoms with Gasteiger partial charge in [-0.15, -0.1) is 0 Å². The smallest absolute Gasteiger partial charge is 0.253 e. The molecule has 2 atom stereocenters. The molecule has 0 aromatic heterocycles. The molecule has 1 aromatic carbocycles. The average Bonchev–Trinajstić information content (AvgIpc) is 3.05. The number of piperidine rings is 1. The summed E-state index contributed by atoms with van der Waals surface area (Å²) in [6.07, 6.45) is 4.36. The molecule has 3 saturated heterocycles. The number of fused-ring (bicyclic) bond motifs is 2. The van der Waals surface area contributed by atoms with Crippen LogP contribution in [0.3, 0.4) is 0 Å². The van der Waals surface area contributed by atoms with Crippen molar-refractivity contribution in [2.75, 3.05) is 33.4 Å². The van der Waals surface area contributed by atoms with E-state index in [0.717, 1.165) is 12.8 Å². The van der Waals surface area contributed by atoms with Gasteiger partial charge in [0, 0.05) is 43.8 Å². The van der Waals surface area contributed by atoms with Gasteiger partial charge >= 0.3 is 0 Å². The second-order valence-electron chi connectivity index (χ2n) is 7.72. The van der Waals surface area contributed by atoms with Crippen LogP contribution in [-0.4, -0.2) is 75.0 Å². The maximum absolute atomic E-state index is 12.9. The second kappa shape index (κ2) is 7.50. The molecule has 8 heteroatoms. The number of morpholine rings is 1. The predicted octanol–water partition coefficient (Wildman–Crippen LogP) is 1.06. The minimum atomic E-state index is -3.53. The maximum atomic E-state index is 12.9. The van der Waals surface area contributed by atoms with E-state index in [4.69, 9.17) is 4.74 Å². The summed E-state index contributed by atoms with van der Waals surface area (Å²) in [6, 6.07) is 7.61. The van der Waals surface area contributed by atoms with Crippen molar-refractivity contribution in [2.24, 2.45) is 0 Å². The monoisotopic (exact) mass is 393 g/mol. The van der Waals surface area contributed by atoms with E-state index in [9.17, 15) is 13.2 Å². The first-order chi connectivity index (χ1) is 12.9. The predicted molar refractivity (Wildman–Crippen MR) is 101 cm³/mol. The van der Waals surface area contributed by atoms with Gasteiger partial charge in [0.25, 0.3) is 5.91 Å². The molecule has 27 heavy (non-hydrogen) atoms. The van der Waals surface area contributed by atoms with Crippen LogP contribution in [0.4, 0.5) is 0 Å². The van der Waals surface area contributed by atoms with Gasteiger partial charge in [0.15, 0.2) is 0 Å². The van der Waals surface area contributed by atoms with Crippen LogP contribution in [0.25, 0.3) is 0 Å². The van der Waals surface area contributed by atoms with Crippen LogP contribution in [0.1, 0.15) is 36.0 Å². The molecule has 0 saturated carbocycles. The van der Waals surface area contributed by atoms with Crippen LogP contribution < -0.4 is 5.32 Å². The summed E-state index contributed by atoms with van der Waals surface area (Å²) in [5.41, 5.74) is 0.532. The van der Waals surface area contributed by atoms with Crippen LogP contribution in [0.2, 0.25) is 0 Å². The average molecular weight is 394 g/mol. The van der Waals surface area contributed by atoms with Crippen LogP contribution in [0.15, 0.2) is 29.2 Å². The highest BCUT2D eigenvalue weighted by atomic mass is 32.2. The first-order valence-corrected chi connectivity index (χ1v) is 11.1. The lowest BCUT2D eigenvalue weighted by molar-refractivity contribution is 0.0681. The Morgan fingerprint density at radius 1 is 1.11 bits per heavy atom. The third-order valence-electron chi connectivity index (χ3n) is 6.03. The molecule has 3 aliphatic heterocycles. The first-order valence-electron chi connectivity index (χ1n) is 9.66. The van der Waals surface area contributed by atoms with Gasteiger partial charge in [-0.05, 0) is 49.9 Å². The summed E-state index contributed by atoms with van der Waals surface area (Å²) < 4.78 is 32.1. The summed E-state index contributed by atoms with van der Waals surface area (Å²) in [7, 11) is -1.67. The molecule has 0 radical (unpaired) electrons. The fraction of sp³-hybridized carbons (Fsp3) is 0.632. The van der Waals surface area contributed by atoms with E-state index in [1.807, 2.05) is 11.9 Å². The standard InChI is InChI=1S/C19H27N3O4S/c1-21(17-12-15-4-5-16(13-17)20-15)19(23)14-2-6-18(7-3-14)27(24,25)22-8-10-26-11-9-22/h2-3,6-7,15-17,20H,4-5,8-13H2,1H3. The van der Waals surface area contributed by atoms with Gasteiger partial charge in [-0.1, -0.05) is 0 Å². The quantitative estimate of drug-likeness (QED) is 0.828. The number of hydrogen-bond donors (Lipinski definition) is 1. The minimum Gasteiger partial charge on any atom is -0.379 e. The fourth-order valence-corrected chi connectivity index (χ4v) is 5.83. The summed E-state index contributed by atoms with van der Waals surface area (Å²) in [6.45, 7) is 1.56. The van der Waals surface area contributed by atoms with E-state index in [1.165, 1.54) is 29.3 Å². The van der Waals surface area contributed by atoms with Gasteiger partial charge in [-0.25, -0.2) is 8.42 Å². The number of carbonyl (C=O) groups is 1. The van der Waals surface area contributed by atoms with Crippen LogP contribution in [0.5, 0.6) is 0 Å². The maximum Gasteiger partial charge on any atom is 0.253 e. The molecule has 4 rings (SSSR count). The molecule has 0 aliphatic carbocycles. The van der Waals surface area contributed by atoms with Gasteiger partial charge in [0.1, 0.15) is 0 Å². The largest absolute Gasteiger partial charge is 0.379 e. The Labute approximate surface area is 160 Å². The van der Waals surface area contributed by atoms with Crippen molar-refractivity contribution in [3.8, 4) is 0 Å². The number of ether oxygens (including phenoxy) is 1. The van der Waals surface area contributed by atoms with Crippen molar-refractivity contribution in [2.45, 2.75) is 48.7 Å². The lowest BCUT2D eigenvalue weighted by Crippen LogP contribution is -2.48. The second-order valence-corrected chi connectivity index (χ2v) is 9.66. The summed E-state index contributed by atoms with van der Waals surface area (Å²) in [5.74, 6) is -0.0448. The molecule has 1 N–H and O–H groups in total. The number of nitrogens with one attached hydrogen (secondary N) is 1. The van der Waals surface area contributed by atoms with Crippen LogP contribution >= 0.6 is 0 Å². The molecule has 2 unspecified atom stereocenters. The number of nitrogens with zero attached hydrogens (tertiary/aromatic N) is 2. The fourth-order valence-electron chi connectivity index (χ4n) is 4.42. The molecular weight excluding hydrogens is 366 g/mol. The van der Waals surface area contributed by atoms with Crippen molar-refractivity contribution >= 4 is 15.9 Å². The van der Waals surface area contributed by atoms with E-state index < -0.39 is 10.0 Å². The van der Waals surface area contributed by atoms with Gasteiger partial charge < -0.3 is 15.0 Å². The number of sulfonamides is 1. The van der Waals surface area contributed by atoms with E-state index in [-0.39, 0.29) is 16.8 Å². The molecule has 1 amide bonds. The third kappa shape index (κ3) is 3.76. The zero-order valence-electron chi connectivity index (χ0n) is 15.6. The highest BCUT2D eigenvalue weighted by molar-refractivity contribution is 7.89. The van der Waals surface area contributed by atoms with Gasteiger partial charge in [-0.3, -0.25) is 4.79 Å². The molecule has 3 aliphatic rings. The number of carbonyl (C=O) groups excluding carboxylic acids is 1. The zero-order chi connectivity index (χ0) is 19.0. The lowest BCUT2D eigenvalue weighted by atomic mass is 9.98. The van der Waals surface area contributed by atoms with Gasteiger partial charge in [0.05, 0.1) is 18.1 Å². The Bertz CT molecular complexity index is 778. The number of hydrogen-bond acceptors (Lipinski definition) is 5. The third-order valence-corrected chi connectivity index (χ3v) is 7.94. The Balaban J connectivity index is 1.46. The highest BCUT2D eigenvalue weighted by Gasteiger charge is 2.36. The van der Waals surface area contributed by atoms with Gasteiger partial charge in [-0.2, -0.15) is 4.31 Å². The lowest BCUT2D eigenvalue weighted by Gasteiger charge is -2.35. The Morgan fingerprint density at radius 3 is 2.30 bits per heavy atom. The first kappa shape index (κ1) is 18.9. The normalized spacial score (nSPS) is 28.9. The van der Waals surface area contributed by atoms with Crippen molar-refractivity contribution < 1.29 is 17.9 Å². The summed E-state index contributed by atoms with van der Waals surface area (Å²) in [5, 5.41) is 3.59. The molecular formula is C19H27N3O4S. The number of amides is 1. The Morgan fingerprint density at radius 2 is 1.70 bits per heavy atom. The molecule has 0 spiro atoms. The molecule has 1 aromatic rings. The van der Waals surface area contributed by atoms with Crippen molar-refractivity contribution in [3.05, 3.63) is 29.8 Å². The number of benzene rings is 1. The molecule has 2 bridgehead atoms. The molecule has 148 valence electrons. The SMILES string of the molecule is CN(C(=O)c1ccc(S(=O)(=O)N2CCOCC2)cc1)C1CC2CCC(C1)N2.